The first-order valence-electron chi connectivity index (χ1n) is 5.77. The molecule has 0 spiro atoms. The highest BCUT2D eigenvalue weighted by Gasteiger charge is 2.21. The van der Waals surface area contributed by atoms with Gasteiger partial charge in [0.05, 0.1) is 23.0 Å². The van der Waals surface area contributed by atoms with Crippen LogP contribution in [0.25, 0.3) is 0 Å². The van der Waals surface area contributed by atoms with E-state index >= 15 is 0 Å². The van der Waals surface area contributed by atoms with Crippen LogP contribution < -0.4 is 0 Å². The number of hydrogen-bond donors (Lipinski definition) is 0. The van der Waals surface area contributed by atoms with Crippen LogP contribution in [0.5, 0.6) is 0 Å². The summed E-state index contributed by atoms with van der Waals surface area (Å²) in [6.07, 6.45) is -0.299. The van der Waals surface area contributed by atoms with Gasteiger partial charge < -0.3 is 9.47 Å². The quantitative estimate of drug-likeness (QED) is 0.796. The summed E-state index contributed by atoms with van der Waals surface area (Å²) in [6, 6.07) is 13.0. The van der Waals surface area contributed by atoms with Gasteiger partial charge in [-0.2, -0.15) is 0 Å². The molecule has 1 aromatic carbocycles. The van der Waals surface area contributed by atoms with Crippen LogP contribution in [0.4, 0.5) is 0 Å². The molecule has 1 aliphatic rings. The number of hydrogen-bond acceptors (Lipinski definition) is 4. The second kappa shape index (κ2) is 5.02. The molecule has 3 rings (SSSR count). The third kappa shape index (κ3) is 2.22. The summed E-state index contributed by atoms with van der Waals surface area (Å²) in [5, 5.41) is 0. The maximum atomic E-state index is 12.2. The van der Waals surface area contributed by atoms with Crippen LogP contribution in [0.2, 0.25) is 0 Å². The average molecular weight is 260 g/mol. The summed E-state index contributed by atoms with van der Waals surface area (Å²) in [4.78, 5) is 13.9. The molecule has 18 heavy (non-hydrogen) atoms. The molecule has 3 nitrogen and oxygen atoms in total. The summed E-state index contributed by atoms with van der Waals surface area (Å²) in [7, 11) is 0. The van der Waals surface area contributed by atoms with Crippen molar-refractivity contribution in [2.75, 3.05) is 13.2 Å². The standard InChI is InChI=1S/C14H12O3S/c15-13(10-4-2-1-3-5-10)11-6-7-12(18-11)14-16-8-9-17-14/h1-7,14H,8-9H2. The molecule has 4 heteroatoms. The van der Waals surface area contributed by atoms with Crippen LogP contribution >= 0.6 is 11.3 Å². The minimum Gasteiger partial charge on any atom is -0.345 e. The molecule has 0 unspecified atom stereocenters. The number of carbonyl (C=O) groups is 1. The number of benzene rings is 1. The third-order valence-electron chi connectivity index (χ3n) is 2.74. The molecule has 0 bridgehead atoms. The van der Waals surface area contributed by atoms with Crippen molar-refractivity contribution in [2.45, 2.75) is 6.29 Å². The van der Waals surface area contributed by atoms with E-state index in [4.69, 9.17) is 9.47 Å². The Morgan fingerprint density at radius 3 is 2.50 bits per heavy atom. The van der Waals surface area contributed by atoms with Crippen molar-refractivity contribution in [1.82, 2.24) is 0 Å². The molecule has 2 heterocycles. The Morgan fingerprint density at radius 2 is 1.78 bits per heavy atom. The summed E-state index contributed by atoms with van der Waals surface area (Å²) in [5.41, 5.74) is 0.708. The van der Waals surface area contributed by atoms with Crippen LogP contribution in [0.1, 0.15) is 26.4 Å². The van der Waals surface area contributed by atoms with Gasteiger partial charge in [0.2, 0.25) is 5.78 Å². The van der Waals surface area contributed by atoms with Crippen molar-refractivity contribution in [3.8, 4) is 0 Å². The van der Waals surface area contributed by atoms with E-state index < -0.39 is 0 Å². The molecule has 2 aromatic rings. The van der Waals surface area contributed by atoms with Crippen molar-refractivity contribution < 1.29 is 14.3 Å². The van der Waals surface area contributed by atoms with Crippen LogP contribution in [0.3, 0.4) is 0 Å². The van der Waals surface area contributed by atoms with E-state index in [0.717, 1.165) is 9.75 Å². The number of ether oxygens (including phenoxy) is 2. The lowest BCUT2D eigenvalue weighted by atomic mass is 10.1. The smallest absolute Gasteiger partial charge is 0.202 e. The Morgan fingerprint density at radius 1 is 1.06 bits per heavy atom. The van der Waals surface area contributed by atoms with E-state index in [1.165, 1.54) is 11.3 Å². The van der Waals surface area contributed by atoms with Crippen molar-refractivity contribution in [3.05, 3.63) is 57.8 Å². The second-order valence-corrected chi connectivity index (χ2v) is 5.09. The molecule has 0 N–H and O–H groups in total. The topological polar surface area (TPSA) is 35.5 Å². The molecule has 0 saturated carbocycles. The van der Waals surface area contributed by atoms with Gasteiger partial charge in [0, 0.05) is 5.56 Å². The van der Waals surface area contributed by atoms with Gasteiger partial charge in [0.1, 0.15) is 0 Å². The molecule has 0 atom stereocenters. The van der Waals surface area contributed by atoms with Gasteiger partial charge in [-0.3, -0.25) is 4.79 Å². The average Bonchev–Trinajstić information content (AvgIpc) is 3.09. The lowest BCUT2D eigenvalue weighted by Gasteiger charge is -2.04. The van der Waals surface area contributed by atoms with Gasteiger partial charge in [0.15, 0.2) is 6.29 Å². The SMILES string of the molecule is O=C(c1ccccc1)c1ccc(C2OCCO2)s1. The first-order valence-corrected chi connectivity index (χ1v) is 6.59. The molecule has 92 valence electrons. The fourth-order valence-corrected chi connectivity index (χ4v) is 2.82. The van der Waals surface area contributed by atoms with Gasteiger partial charge >= 0.3 is 0 Å². The Balaban J connectivity index is 1.83. The molecular weight excluding hydrogens is 248 g/mol. The first-order chi connectivity index (χ1) is 8.84. The van der Waals surface area contributed by atoms with E-state index in [1.54, 1.807) is 0 Å². The van der Waals surface area contributed by atoms with Gasteiger partial charge in [0.25, 0.3) is 0 Å². The van der Waals surface area contributed by atoms with Crippen LogP contribution in [-0.4, -0.2) is 19.0 Å². The highest BCUT2D eigenvalue weighted by atomic mass is 32.1. The van der Waals surface area contributed by atoms with Crippen LogP contribution in [0, 0.1) is 0 Å². The summed E-state index contributed by atoms with van der Waals surface area (Å²) in [6.45, 7) is 1.23. The van der Waals surface area contributed by atoms with Crippen LogP contribution in [-0.2, 0) is 9.47 Å². The largest absolute Gasteiger partial charge is 0.345 e. The summed E-state index contributed by atoms with van der Waals surface area (Å²) in [5.74, 6) is 0.0462. The number of thiophene rings is 1. The van der Waals surface area contributed by atoms with Crippen molar-refractivity contribution in [1.29, 1.82) is 0 Å². The molecule has 1 aromatic heterocycles. The van der Waals surface area contributed by atoms with Crippen molar-refractivity contribution >= 4 is 17.1 Å². The zero-order chi connectivity index (χ0) is 12.4. The maximum absolute atomic E-state index is 12.2. The highest BCUT2D eigenvalue weighted by Crippen LogP contribution is 2.30. The zero-order valence-corrected chi connectivity index (χ0v) is 10.5. The van der Waals surface area contributed by atoms with Crippen molar-refractivity contribution in [3.63, 3.8) is 0 Å². The van der Waals surface area contributed by atoms with E-state index in [2.05, 4.69) is 0 Å². The molecular formula is C14H12O3S. The lowest BCUT2D eigenvalue weighted by molar-refractivity contribution is -0.0413. The fraction of sp³-hybridized carbons (Fsp3) is 0.214. The summed E-state index contributed by atoms with van der Waals surface area (Å²) >= 11 is 1.43. The zero-order valence-electron chi connectivity index (χ0n) is 9.67. The second-order valence-electron chi connectivity index (χ2n) is 3.97. The minimum absolute atomic E-state index is 0.0462. The first kappa shape index (κ1) is 11.6. The molecule has 1 fully saturated rings. The Hall–Kier alpha value is -1.49. The molecule has 0 radical (unpaired) electrons. The van der Waals surface area contributed by atoms with Gasteiger partial charge in [-0.1, -0.05) is 30.3 Å². The van der Waals surface area contributed by atoms with Crippen LogP contribution in [0.15, 0.2) is 42.5 Å². The fourth-order valence-electron chi connectivity index (χ4n) is 1.86. The van der Waals surface area contributed by atoms with Gasteiger partial charge in [-0.15, -0.1) is 11.3 Å². The number of ketones is 1. The predicted octanol–water partition coefficient (Wildman–Crippen LogP) is 3.02. The van der Waals surface area contributed by atoms with Gasteiger partial charge in [-0.25, -0.2) is 0 Å². The number of rotatable bonds is 3. The Labute approximate surface area is 109 Å². The lowest BCUT2D eigenvalue weighted by Crippen LogP contribution is -1.97. The van der Waals surface area contributed by atoms with E-state index in [1.807, 2.05) is 42.5 Å². The molecule has 1 saturated heterocycles. The van der Waals surface area contributed by atoms with Crippen molar-refractivity contribution in [2.24, 2.45) is 0 Å². The third-order valence-corrected chi connectivity index (χ3v) is 3.85. The Kier molecular flexibility index (Phi) is 3.23. The number of carbonyl (C=O) groups excluding carboxylic acids is 1. The highest BCUT2D eigenvalue weighted by molar-refractivity contribution is 7.14. The van der Waals surface area contributed by atoms with E-state index in [9.17, 15) is 4.79 Å². The molecule has 0 amide bonds. The maximum Gasteiger partial charge on any atom is 0.202 e. The van der Waals surface area contributed by atoms with Gasteiger partial charge in [-0.05, 0) is 12.1 Å². The van der Waals surface area contributed by atoms with E-state index in [0.29, 0.717) is 18.8 Å². The monoisotopic (exact) mass is 260 g/mol. The Bertz CT molecular complexity index is 541. The molecule has 1 aliphatic heterocycles. The predicted molar refractivity (Wildman–Crippen MR) is 68.8 cm³/mol. The van der Waals surface area contributed by atoms with E-state index in [-0.39, 0.29) is 12.1 Å². The minimum atomic E-state index is -0.299. The molecule has 0 aliphatic carbocycles. The normalized spacial score (nSPS) is 16.0. The summed E-state index contributed by atoms with van der Waals surface area (Å²) < 4.78 is 10.8.